The van der Waals surface area contributed by atoms with E-state index < -0.39 is 47.9 Å². The summed E-state index contributed by atoms with van der Waals surface area (Å²) in [7, 11) is 0. The normalized spacial score (nSPS) is 14.1. The number of carboxylic acid groups (broad SMARTS) is 1. The molecule has 0 saturated carbocycles. The van der Waals surface area contributed by atoms with Crippen molar-refractivity contribution < 1.29 is 29.4 Å². The van der Waals surface area contributed by atoms with Crippen LogP contribution >= 0.6 is 0 Å². The molecule has 1 aromatic carbocycles. The van der Waals surface area contributed by atoms with E-state index in [0.29, 0.717) is 37.1 Å². The maximum atomic E-state index is 13.4. The summed E-state index contributed by atoms with van der Waals surface area (Å²) < 4.78 is 0. The molecule has 1 heterocycles. The summed E-state index contributed by atoms with van der Waals surface area (Å²) in [4.78, 5) is 58.0. The zero-order chi connectivity index (χ0) is 29.7. The van der Waals surface area contributed by atoms with Crippen molar-refractivity contribution in [2.24, 2.45) is 17.4 Å². The second kappa shape index (κ2) is 16.2. The molecule has 0 spiro atoms. The van der Waals surface area contributed by atoms with E-state index in [9.17, 15) is 29.4 Å². The number of hydrogen-bond donors (Lipinski definition) is 8. The molecule has 3 amide bonds. The third-order valence-corrected chi connectivity index (χ3v) is 6.24. The number of nitrogens with zero attached hydrogens (tertiary/aromatic N) is 1. The smallest absolute Gasteiger partial charge is 0.326 e. The number of H-pyrrole nitrogens is 1. The van der Waals surface area contributed by atoms with E-state index >= 15 is 0 Å². The standard InChI is InChI=1S/C27H41N7O6/c1-16(2)11-20(29)24(36)32-21(5-3-4-10-28)25(37)33-22(12-17-6-8-19(35)9-7-17)26(38)34-23(27(39)40)13-18-14-30-15-31-18/h6-9,14-16,20-23,35H,3-5,10-13,28-29H2,1-2H3,(H,30,31)(H,32,36)(H,33,37)(H,34,38)(H,39,40). The number of nitrogens with two attached hydrogens (primary N) is 2. The van der Waals surface area contributed by atoms with E-state index in [4.69, 9.17) is 11.5 Å². The molecule has 0 saturated heterocycles. The van der Waals surface area contributed by atoms with Gasteiger partial charge in [0.15, 0.2) is 0 Å². The molecule has 0 aliphatic heterocycles. The monoisotopic (exact) mass is 559 g/mol. The quantitative estimate of drug-likeness (QED) is 0.121. The lowest BCUT2D eigenvalue weighted by Crippen LogP contribution is -2.58. The van der Waals surface area contributed by atoms with Crippen LogP contribution in [-0.2, 0) is 32.0 Å². The van der Waals surface area contributed by atoms with Crippen molar-refractivity contribution in [2.45, 2.75) is 76.5 Å². The minimum absolute atomic E-state index is 0.00454. The number of aromatic nitrogens is 2. The van der Waals surface area contributed by atoms with Crippen LogP contribution in [-0.4, -0.2) is 74.6 Å². The highest BCUT2D eigenvalue weighted by Crippen LogP contribution is 2.13. The van der Waals surface area contributed by atoms with Gasteiger partial charge >= 0.3 is 5.97 Å². The van der Waals surface area contributed by atoms with Gasteiger partial charge in [0.1, 0.15) is 23.9 Å². The van der Waals surface area contributed by atoms with Crippen molar-refractivity contribution in [1.29, 1.82) is 0 Å². The number of imidazole rings is 1. The minimum atomic E-state index is -1.29. The van der Waals surface area contributed by atoms with Gasteiger partial charge in [-0.25, -0.2) is 9.78 Å². The predicted molar refractivity (Wildman–Crippen MR) is 148 cm³/mol. The van der Waals surface area contributed by atoms with Gasteiger partial charge in [-0.2, -0.15) is 0 Å². The lowest BCUT2D eigenvalue weighted by molar-refractivity contribution is -0.142. The van der Waals surface area contributed by atoms with Crippen LogP contribution in [0.1, 0.15) is 50.8 Å². The molecule has 0 aliphatic rings. The fourth-order valence-electron chi connectivity index (χ4n) is 4.09. The fourth-order valence-corrected chi connectivity index (χ4v) is 4.09. The van der Waals surface area contributed by atoms with Gasteiger partial charge in [0, 0.05) is 24.7 Å². The molecule has 2 aromatic rings. The minimum Gasteiger partial charge on any atom is -0.508 e. The van der Waals surface area contributed by atoms with E-state index in [0.717, 1.165) is 0 Å². The van der Waals surface area contributed by atoms with E-state index in [1.54, 1.807) is 12.1 Å². The number of benzene rings is 1. The molecule has 0 bridgehead atoms. The highest BCUT2D eigenvalue weighted by Gasteiger charge is 2.31. The van der Waals surface area contributed by atoms with Crippen LogP contribution in [0.3, 0.4) is 0 Å². The van der Waals surface area contributed by atoms with Crippen molar-refractivity contribution in [3.05, 3.63) is 48.0 Å². The second-order valence-corrected chi connectivity index (χ2v) is 10.2. The van der Waals surface area contributed by atoms with Gasteiger partial charge in [-0.15, -0.1) is 0 Å². The number of nitrogens with one attached hydrogen (secondary N) is 4. The number of carbonyl (C=O) groups is 4. The highest BCUT2D eigenvalue weighted by molar-refractivity contribution is 5.94. The molecular formula is C27H41N7O6. The Hall–Kier alpha value is -3.97. The van der Waals surface area contributed by atoms with Crippen LogP contribution in [0, 0.1) is 5.92 Å². The van der Waals surface area contributed by atoms with Gasteiger partial charge in [-0.3, -0.25) is 14.4 Å². The maximum Gasteiger partial charge on any atom is 0.326 e. The Morgan fingerprint density at radius 1 is 0.925 bits per heavy atom. The number of amides is 3. The topological polar surface area (TPSA) is 226 Å². The number of phenolic OH excluding ortho intramolecular Hbond substituents is 1. The third-order valence-electron chi connectivity index (χ3n) is 6.24. The number of carboxylic acids is 1. The van der Waals surface area contributed by atoms with Gasteiger partial charge in [0.2, 0.25) is 17.7 Å². The average Bonchev–Trinajstić information content (AvgIpc) is 3.41. The summed E-state index contributed by atoms with van der Waals surface area (Å²) in [6.07, 6.45) is 4.69. The van der Waals surface area contributed by atoms with Crippen LogP contribution in [0.15, 0.2) is 36.8 Å². The number of aliphatic carboxylic acids is 1. The average molecular weight is 560 g/mol. The van der Waals surface area contributed by atoms with Gasteiger partial charge in [0.25, 0.3) is 0 Å². The third kappa shape index (κ3) is 11.0. The molecule has 13 nitrogen and oxygen atoms in total. The molecule has 220 valence electrons. The molecule has 40 heavy (non-hydrogen) atoms. The van der Waals surface area contributed by atoms with Crippen molar-refractivity contribution in [1.82, 2.24) is 25.9 Å². The van der Waals surface area contributed by atoms with Crippen molar-refractivity contribution >= 4 is 23.7 Å². The molecular weight excluding hydrogens is 518 g/mol. The van der Waals surface area contributed by atoms with Crippen molar-refractivity contribution in [3.8, 4) is 5.75 Å². The molecule has 0 fully saturated rings. The fraction of sp³-hybridized carbons (Fsp3) is 0.519. The number of unbranched alkanes of at least 4 members (excludes halogenated alkanes) is 1. The molecule has 2 rings (SSSR count). The molecule has 4 unspecified atom stereocenters. The first-order valence-corrected chi connectivity index (χ1v) is 13.3. The van der Waals surface area contributed by atoms with Crippen LogP contribution in [0.25, 0.3) is 0 Å². The number of rotatable bonds is 17. The van der Waals surface area contributed by atoms with Gasteiger partial charge in [-0.05, 0) is 55.8 Å². The van der Waals surface area contributed by atoms with E-state index in [-0.39, 0.29) is 30.9 Å². The Morgan fingerprint density at radius 2 is 1.55 bits per heavy atom. The first-order valence-electron chi connectivity index (χ1n) is 13.3. The van der Waals surface area contributed by atoms with E-state index in [2.05, 4.69) is 25.9 Å². The Bertz CT molecular complexity index is 1090. The lowest BCUT2D eigenvalue weighted by atomic mass is 10.0. The number of aromatic amines is 1. The van der Waals surface area contributed by atoms with Crippen molar-refractivity contribution in [2.75, 3.05) is 6.54 Å². The number of aromatic hydroxyl groups is 1. The highest BCUT2D eigenvalue weighted by atomic mass is 16.4. The van der Waals surface area contributed by atoms with E-state index in [1.165, 1.54) is 24.7 Å². The molecule has 0 radical (unpaired) electrons. The molecule has 0 aliphatic carbocycles. The Balaban J connectivity index is 2.24. The molecule has 10 N–H and O–H groups in total. The Kier molecular flexibility index (Phi) is 13.1. The predicted octanol–water partition coefficient (Wildman–Crippen LogP) is -0.0581. The van der Waals surface area contributed by atoms with Gasteiger partial charge < -0.3 is 42.6 Å². The SMILES string of the molecule is CC(C)CC(N)C(=O)NC(CCCCN)C(=O)NC(Cc1ccc(O)cc1)C(=O)NC(Cc1cnc[nH]1)C(=O)O. The summed E-state index contributed by atoms with van der Waals surface area (Å²) >= 11 is 0. The van der Waals surface area contributed by atoms with E-state index in [1.807, 2.05) is 13.8 Å². The van der Waals surface area contributed by atoms with Crippen LogP contribution < -0.4 is 27.4 Å². The van der Waals surface area contributed by atoms with Crippen molar-refractivity contribution in [3.63, 3.8) is 0 Å². The van der Waals surface area contributed by atoms with Crippen LogP contribution in [0.2, 0.25) is 0 Å². The first-order chi connectivity index (χ1) is 19.0. The summed E-state index contributed by atoms with van der Waals surface area (Å²) in [6, 6.07) is 1.80. The largest absolute Gasteiger partial charge is 0.508 e. The summed E-state index contributed by atoms with van der Waals surface area (Å²) in [5, 5.41) is 27.2. The molecule has 1 aromatic heterocycles. The summed E-state index contributed by atoms with van der Waals surface area (Å²) in [5.41, 5.74) is 12.7. The van der Waals surface area contributed by atoms with Crippen LogP contribution in [0.4, 0.5) is 0 Å². The second-order valence-electron chi connectivity index (χ2n) is 10.2. The zero-order valence-corrected chi connectivity index (χ0v) is 22.9. The summed E-state index contributed by atoms with van der Waals surface area (Å²) in [6.45, 7) is 4.28. The molecule has 4 atom stereocenters. The first kappa shape index (κ1) is 32.2. The summed E-state index contributed by atoms with van der Waals surface area (Å²) in [5.74, 6) is -2.87. The number of hydrogen-bond acceptors (Lipinski definition) is 8. The van der Waals surface area contributed by atoms with Crippen LogP contribution in [0.5, 0.6) is 5.75 Å². The van der Waals surface area contributed by atoms with Gasteiger partial charge in [0.05, 0.1) is 12.4 Å². The zero-order valence-electron chi connectivity index (χ0n) is 22.9. The van der Waals surface area contributed by atoms with Gasteiger partial charge in [-0.1, -0.05) is 26.0 Å². The maximum absolute atomic E-state index is 13.4. The number of phenols is 1. The number of carbonyl (C=O) groups excluding carboxylic acids is 3. The molecule has 13 heteroatoms. The Labute approximate surface area is 233 Å². The lowest BCUT2D eigenvalue weighted by Gasteiger charge is -2.25. The Morgan fingerprint density at radius 3 is 2.12 bits per heavy atom.